The highest BCUT2D eigenvalue weighted by atomic mass is 32.1. The quantitative estimate of drug-likeness (QED) is 0.234. The van der Waals surface area contributed by atoms with Crippen molar-refractivity contribution >= 4 is 33.8 Å². The Balaban J connectivity index is 0.00000195. The molecular weight excluding hydrogens is 515 g/mol. The Morgan fingerprint density at radius 2 is 1.84 bits per heavy atom. The smallest absolute Gasteiger partial charge is 0.420 e. The van der Waals surface area contributed by atoms with Crippen molar-refractivity contribution in [2.75, 3.05) is 23.8 Å². The van der Waals surface area contributed by atoms with Gasteiger partial charge in [-0.25, -0.2) is 4.98 Å². The number of hydrogen-bond donors (Lipinski definition) is 2. The van der Waals surface area contributed by atoms with Gasteiger partial charge in [0.25, 0.3) is 5.91 Å². The number of nitrogens with one attached hydrogen (secondary N) is 2. The molecule has 2 heterocycles. The average Bonchev–Trinajstić information content (AvgIpc) is 3.37. The van der Waals surface area contributed by atoms with Gasteiger partial charge in [-0.2, -0.15) is 13.2 Å². The van der Waals surface area contributed by atoms with Crippen LogP contribution < -0.4 is 20.1 Å². The summed E-state index contributed by atoms with van der Waals surface area (Å²) in [5, 5.41) is 7.94. The van der Waals surface area contributed by atoms with Crippen molar-refractivity contribution in [2.24, 2.45) is 0 Å². The number of rotatable bonds is 11. The van der Waals surface area contributed by atoms with Gasteiger partial charge in [-0.15, -0.1) is 11.3 Å². The maximum atomic E-state index is 13.7. The van der Waals surface area contributed by atoms with Crippen LogP contribution in [0.5, 0.6) is 11.5 Å². The number of hydrogen-bond acceptors (Lipinski definition) is 6. The van der Waals surface area contributed by atoms with Gasteiger partial charge in [0.05, 0.1) is 23.6 Å². The minimum absolute atomic E-state index is 0.0279. The first kappa shape index (κ1) is 29.3. The Hall–Kier alpha value is -3.27. The summed E-state index contributed by atoms with van der Waals surface area (Å²) in [6.45, 7) is 6.37. The lowest BCUT2D eigenvalue weighted by Gasteiger charge is -2.18. The summed E-state index contributed by atoms with van der Waals surface area (Å²) in [5.74, 6) is 0.172. The fourth-order valence-electron chi connectivity index (χ4n) is 3.85. The topological polar surface area (TPSA) is 72.5 Å². The van der Waals surface area contributed by atoms with Gasteiger partial charge in [0.2, 0.25) is 0 Å². The van der Waals surface area contributed by atoms with E-state index in [0.717, 1.165) is 43.7 Å². The van der Waals surface area contributed by atoms with Crippen LogP contribution in [0.15, 0.2) is 41.8 Å². The summed E-state index contributed by atoms with van der Waals surface area (Å²) in [6, 6.07) is 9.26. The van der Waals surface area contributed by atoms with Crippen LogP contribution in [0.2, 0.25) is 0 Å². The Kier molecular flexibility index (Phi) is 10.8. The number of nitrogens with zero attached hydrogens (tertiary/aromatic N) is 1. The van der Waals surface area contributed by atoms with E-state index in [1.54, 1.807) is 23.6 Å². The number of benzene rings is 2. The summed E-state index contributed by atoms with van der Waals surface area (Å²) < 4.78 is 52.0. The van der Waals surface area contributed by atoms with Crippen LogP contribution in [0, 0.1) is 0 Å². The molecule has 6 nitrogen and oxygen atoms in total. The maximum Gasteiger partial charge on any atom is 0.420 e. The van der Waals surface area contributed by atoms with E-state index in [1.165, 1.54) is 23.8 Å². The standard InChI is InChI=1S/C26H28F3N3O3S.C2H6/c1-2-3-4-5-6-7-12-34-22-11-9-18(14-19(22)26(27,28)29)30-25-32-21(16-36-25)17-8-10-23-20(13-17)31-24(33)15-35-23;1-2/h8-11,13-14,16H,2-7,12,15H2,1H3,(H,30,32)(H,31,33);1-2H3. The van der Waals surface area contributed by atoms with E-state index < -0.39 is 11.7 Å². The van der Waals surface area contributed by atoms with Gasteiger partial charge in [0, 0.05) is 16.6 Å². The number of ether oxygens (including phenoxy) is 2. The minimum Gasteiger partial charge on any atom is -0.493 e. The molecule has 0 atom stereocenters. The number of aromatic nitrogens is 1. The first-order valence-corrected chi connectivity index (χ1v) is 13.8. The van der Waals surface area contributed by atoms with Crippen molar-refractivity contribution in [2.45, 2.75) is 65.5 Å². The molecule has 206 valence electrons. The van der Waals surface area contributed by atoms with Crippen molar-refractivity contribution in [3.05, 3.63) is 47.3 Å². The normalized spacial score (nSPS) is 12.5. The molecule has 0 bridgehead atoms. The van der Waals surface area contributed by atoms with E-state index >= 15 is 0 Å². The third-order valence-electron chi connectivity index (χ3n) is 5.70. The zero-order valence-corrected chi connectivity index (χ0v) is 22.7. The summed E-state index contributed by atoms with van der Waals surface area (Å²) in [6.07, 6.45) is 1.65. The Morgan fingerprint density at radius 1 is 1.08 bits per heavy atom. The van der Waals surface area contributed by atoms with Crippen LogP contribution >= 0.6 is 11.3 Å². The second kappa shape index (κ2) is 14.0. The lowest BCUT2D eigenvalue weighted by Crippen LogP contribution is -2.25. The molecule has 1 amide bonds. The molecule has 2 N–H and O–H groups in total. The number of amides is 1. The van der Waals surface area contributed by atoms with Gasteiger partial charge in [-0.05, 0) is 42.8 Å². The predicted octanol–water partition coefficient (Wildman–Crippen LogP) is 8.67. The molecule has 0 saturated heterocycles. The van der Waals surface area contributed by atoms with Gasteiger partial charge < -0.3 is 20.1 Å². The SMILES string of the molecule is CC.CCCCCCCCOc1ccc(Nc2nc(-c3ccc4c(c3)NC(=O)CO4)cs2)cc1C(F)(F)F. The fraction of sp³-hybridized carbons (Fsp3) is 0.429. The summed E-state index contributed by atoms with van der Waals surface area (Å²) in [5.41, 5.74) is 1.37. The van der Waals surface area contributed by atoms with E-state index in [1.807, 2.05) is 19.9 Å². The molecule has 0 aliphatic carbocycles. The number of alkyl halides is 3. The molecule has 38 heavy (non-hydrogen) atoms. The Bertz CT molecular complexity index is 1200. The van der Waals surface area contributed by atoms with E-state index in [-0.39, 0.29) is 30.6 Å². The predicted molar refractivity (Wildman–Crippen MR) is 147 cm³/mol. The molecule has 3 aromatic rings. The number of thiazole rings is 1. The highest BCUT2D eigenvalue weighted by Gasteiger charge is 2.35. The number of anilines is 3. The highest BCUT2D eigenvalue weighted by molar-refractivity contribution is 7.14. The third-order valence-corrected chi connectivity index (χ3v) is 6.46. The second-order valence-electron chi connectivity index (χ2n) is 8.54. The summed E-state index contributed by atoms with van der Waals surface area (Å²) >= 11 is 1.27. The third kappa shape index (κ3) is 8.11. The molecule has 10 heteroatoms. The first-order valence-electron chi connectivity index (χ1n) is 13.0. The van der Waals surface area contributed by atoms with E-state index in [4.69, 9.17) is 9.47 Å². The average molecular weight is 550 g/mol. The van der Waals surface area contributed by atoms with Gasteiger partial charge in [0.1, 0.15) is 11.5 Å². The first-order chi connectivity index (χ1) is 18.3. The van der Waals surface area contributed by atoms with Gasteiger partial charge >= 0.3 is 6.18 Å². The zero-order chi connectivity index (χ0) is 27.5. The van der Waals surface area contributed by atoms with Crippen LogP contribution in [0.25, 0.3) is 11.3 Å². The molecule has 1 aromatic heterocycles. The lowest BCUT2D eigenvalue weighted by atomic mass is 10.1. The maximum absolute atomic E-state index is 13.7. The molecule has 0 saturated carbocycles. The van der Waals surface area contributed by atoms with Crippen molar-refractivity contribution in [1.29, 1.82) is 0 Å². The fourth-order valence-corrected chi connectivity index (χ4v) is 4.59. The van der Waals surface area contributed by atoms with E-state index in [0.29, 0.717) is 22.3 Å². The van der Waals surface area contributed by atoms with Crippen LogP contribution in [-0.4, -0.2) is 24.1 Å². The van der Waals surface area contributed by atoms with Crippen molar-refractivity contribution in [1.82, 2.24) is 4.98 Å². The van der Waals surface area contributed by atoms with Crippen LogP contribution in [0.4, 0.5) is 29.7 Å². The molecule has 0 unspecified atom stereocenters. The minimum atomic E-state index is -4.54. The molecule has 2 aromatic carbocycles. The number of unbranched alkanes of at least 4 members (excludes halogenated alkanes) is 5. The molecule has 0 spiro atoms. The number of halogens is 3. The monoisotopic (exact) mass is 549 g/mol. The van der Waals surface area contributed by atoms with Gasteiger partial charge in [-0.1, -0.05) is 52.9 Å². The molecule has 1 aliphatic rings. The Labute approximate surface area is 225 Å². The zero-order valence-electron chi connectivity index (χ0n) is 21.9. The van der Waals surface area contributed by atoms with Crippen LogP contribution in [0.1, 0.15) is 64.9 Å². The van der Waals surface area contributed by atoms with E-state index in [9.17, 15) is 18.0 Å². The molecule has 1 aliphatic heterocycles. The molecule has 0 radical (unpaired) electrons. The van der Waals surface area contributed by atoms with Crippen molar-refractivity contribution < 1.29 is 27.4 Å². The highest BCUT2D eigenvalue weighted by Crippen LogP contribution is 2.39. The second-order valence-corrected chi connectivity index (χ2v) is 9.39. The van der Waals surface area contributed by atoms with Crippen molar-refractivity contribution in [3.8, 4) is 22.8 Å². The largest absolute Gasteiger partial charge is 0.493 e. The Morgan fingerprint density at radius 3 is 2.61 bits per heavy atom. The number of fused-ring (bicyclic) bond motifs is 1. The number of carbonyl (C=O) groups excluding carboxylic acids is 1. The summed E-state index contributed by atoms with van der Waals surface area (Å²) in [4.78, 5) is 16.1. The lowest BCUT2D eigenvalue weighted by molar-refractivity contribution is -0.138. The van der Waals surface area contributed by atoms with Crippen molar-refractivity contribution in [3.63, 3.8) is 0 Å². The molecule has 4 rings (SSSR count). The summed E-state index contributed by atoms with van der Waals surface area (Å²) in [7, 11) is 0. The van der Waals surface area contributed by atoms with Crippen LogP contribution in [-0.2, 0) is 11.0 Å². The molecule has 0 fully saturated rings. The van der Waals surface area contributed by atoms with Gasteiger partial charge in [0.15, 0.2) is 11.7 Å². The molecular formula is C28H34F3N3O3S. The number of carbonyl (C=O) groups is 1. The van der Waals surface area contributed by atoms with E-state index in [2.05, 4.69) is 22.5 Å². The van der Waals surface area contributed by atoms with Crippen LogP contribution in [0.3, 0.4) is 0 Å². The van der Waals surface area contributed by atoms with Gasteiger partial charge in [-0.3, -0.25) is 4.79 Å².